The number of hydrogen-bond acceptors (Lipinski definition) is 3. The Morgan fingerprint density at radius 2 is 1.76 bits per heavy atom. The highest BCUT2D eigenvalue weighted by atomic mass is 16.5. The Hall–Kier alpha value is -2.62. The lowest BCUT2D eigenvalue weighted by Gasteiger charge is -2.08. The first-order valence-corrected chi connectivity index (χ1v) is 6.81. The molecule has 2 aromatic heterocycles. The van der Waals surface area contributed by atoms with Gasteiger partial charge in [0.1, 0.15) is 11.4 Å². The summed E-state index contributed by atoms with van der Waals surface area (Å²) < 4.78 is 5.41. The molecule has 0 saturated carbocycles. The second-order valence-corrected chi connectivity index (χ2v) is 4.99. The van der Waals surface area contributed by atoms with Gasteiger partial charge < -0.3 is 4.74 Å². The number of nitrogens with one attached hydrogen (secondary N) is 1. The van der Waals surface area contributed by atoms with Gasteiger partial charge in [-0.15, -0.1) is 0 Å². The first-order valence-electron chi connectivity index (χ1n) is 6.81. The quantitative estimate of drug-likeness (QED) is 0.794. The summed E-state index contributed by atoms with van der Waals surface area (Å²) in [5.74, 6) is 0.869. The van der Waals surface area contributed by atoms with Crippen molar-refractivity contribution in [2.75, 3.05) is 7.11 Å². The zero-order chi connectivity index (χ0) is 14.8. The fourth-order valence-electron chi connectivity index (χ4n) is 2.48. The van der Waals surface area contributed by atoms with E-state index in [9.17, 15) is 0 Å². The maximum absolute atomic E-state index is 5.41. The Labute approximate surface area is 123 Å². The molecule has 0 spiro atoms. The minimum absolute atomic E-state index is 0.869. The number of aryl methyl sites for hydroxylation is 2. The standard InChI is InChI=1S/C17H17N3O/c1-11-4-5-14(10-15(11)21-3)17-16(12(2)19-20-17)13-6-8-18-9-7-13/h4-10H,1-3H3,(H,19,20). The van der Waals surface area contributed by atoms with Crippen molar-refractivity contribution in [3.63, 3.8) is 0 Å². The molecule has 4 nitrogen and oxygen atoms in total. The van der Waals surface area contributed by atoms with E-state index in [4.69, 9.17) is 4.74 Å². The van der Waals surface area contributed by atoms with Crippen LogP contribution in [0.3, 0.4) is 0 Å². The Kier molecular flexibility index (Phi) is 3.44. The summed E-state index contributed by atoms with van der Waals surface area (Å²) in [6.07, 6.45) is 3.59. The predicted octanol–water partition coefficient (Wildman–Crippen LogP) is 3.76. The Balaban J connectivity index is 2.17. The van der Waals surface area contributed by atoms with Gasteiger partial charge in [0.25, 0.3) is 0 Å². The average molecular weight is 279 g/mol. The molecule has 1 aromatic carbocycles. The molecule has 0 aliphatic rings. The summed E-state index contributed by atoms with van der Waals surface area (Å²) in [6.45, 7) is 4.06. The van der Waals surface area contributed by atoms with Gasteiger partial charge in [-0.05, 0) is 43.2 Å². The van der Waals surface area contributed by atoms with Crippen LogP contribution < -0.4 is 4.74 Å². The van der Waals surface area contributed by atoms with E-state index in [1.165, 1.54) is 0 Å². The monoisotopic (exact) mass is 279 g/mol. The van der Waals surface area contributed by atoms with Crippen LogP contribution >= 0.6 is 0 Å². The summed E-state index contributed by atoms with van der Waals surface area (Å²) >= 11 is 0. The van der Waals surface area contributed by atoms with Crippen molar-refractivity contribution in [2.24, 2.45) is 0 Å². The van der Waals surface area contributed by atoms with Crippen molar-refractivity contribution in [1.82, 2.24) is 15.2 Å². The van der Waals surface area contributed by atoms with Crippen LogP contribution in [0.4, 0.5) is 0 Å². The number of ether oxygens (including phenoxy) is 1. The van der Waals surface area contributed by atoms with Crippen LogP contribution in [0, 0.1) is 13.8 Å². The number of rotatable bonds is 3. The molecule has 0 radical (unpaired) electrons. The molecule has 106 valence electrons. The highest BCUT2D eigenvalue weighted by Crippen LogP contribution is 2.34. The SMILES string of the molecule is COc1cc(-c2n[nH]c(C)c2-c2ccncc2)ccc1C. The Morgan fingerprint density at radius 3 is 2.48 bits per heavy atom. The van der Waals surface area contributed by atoms with Crippen LogP contribution in [0.15, 0.2) is 42.7 Å². The third-order valence-corrected chi connectivity index (χ3v) is 3.60. The number of benzene rings is 1. The van der Waals surface area contributed by atoms with Gasteiger partial charge in [-0.3, -0.25) is 10.1 Å². The second kappa shape index (κ2) is 5.40. The van der Waals surface area contributed by atoms with Gasteiger partial charge in [-0.2, -0.15) is 5.10 Å². The molecule has 3 aromatic rings. The summed E-state index contributed by atoms with van der Waals surface area (Å²) in [7, 11) is 1.69. The normalized spacial score (nSPS) is 10.6. The van der Waals surface area contributed by atoms with E-state index >= 15 is 0 Å². The highest BCUT2D eigenvalue weighted by Gasteiger charge is 2.15. The fraction of sp³-hybridized carbons (Fsp3) is 0.176. The lowest BCUT2D eigenvalue weighted by Crippen LogP contribution is -1.89. The van der Waals surface area contributed by atoms with Crippen LogP contribution in [0.5, 0.6) is 5.75 Å². The smallest absolute Gasteiger partial charge is 0.122 e. The number of hydrogen-bond donors (Lipinski definition) is 1. The van der Waals surface area contributed by atoms with E-state index in [1.807, 2.05) is 32.0 Å². The van der Waals surface area contributed by atoms with Crippen molar-refractivity contribution in [1.29, 1.82) is 0 Å². The third kappa shape index (κ3) is 2.40. The van der Waals surface area contributed by atoms with E-state index in [0.717, 1.165) is 39.4 Å². The first kappa shape index (κ1) is 13.4. The minimum Gasteiger partial charge on any atom is -0.496 e. The molecule has 4 heteroatoms. The number of nitrogens with zero attached hydrogens (tertiary/aromatic N) is 2. The predicted molar refractivity (Wildman–Crippen MR) is 83.3 cm³/mol. The van der Waals surface area contributed by atoms with Gasteiger partial charge in [-0.25, -0.2) is 0 Å². The average Bonchev–Trinajstić information content (AvgIpc) is 2.90. The lowest BCUT2D eigenvalue weighted by molar-refractivity contribution is 0.412. The summed E-state index contributed by atoms with van der Waals surface area (Å²) in [4.78, 5) is 4.08. The molecule has 21 heavy (non-hydrogen) atoms. The molecule has 0 amide bonds. The first-order chi connectivity index (χ1) is 10.2. The number of aromatic nitrogens is 3. The molecule has 0 unspecified atom stereocenters. The van der Waals surface area contributed by atoms with E-state index in [-0.39, 0.29) is 0 Å². The second-order valence-electron chi connectivity index (χ2n) is 4.99. The fourth-order valence-corrected chi connectivity index (χ4v) is 2.48. The van der Waals surface area contributed by atoms with E-state index in [0.29, 0.717) is 0 Å². The summed E-state index contributed by atoms with van der Waals surface area (Å²) in [5.41, 5.74) is 6.31. The van der Waals surface area contributed by atoms with E-state index in [2.05, 4.69) is 27.3 Å². The van der Waals surface area contributed by atoms with Gasteiger partial charge in [0, 0.05) is 29.2 Å². The minimum atomic E-state index is 0.869. The van der Waals surface area contributed by atoms with E-state index < -0.39 is 0 Å². The van der Waals surface area contributed by atoms with Crippen LogP contribution in [-0.4, -0.2) is 22.3 Å². The molecule has 0 aliphatic heterocycles. The molecule has 0 fully saturated rings. The maximum atomic E-state index is 5.41. The molecule has 2 heterocycles. The molecule has 0 bridgehead atoms. The molecule has 0 atom stereocenters. The van der Waals surface area contributed by atoms with E-state index in [1.54, 1.807) is 19.5 Å². The lowest BCUT2D eigenvalue weighted by atomic mass is 9.99. The molecule has 3 rings (SSSR count). The molecular formula is C17H17N3O. The Morgan fingerprint density at radius 1 is 1.00 bits per heavy atom. The van der Waals surface area contributed by atoms with Crippen LogP contribution in [0.25, 0.3) is 22.4 Å². The van der Waals surface area contributed by atoms with Crippen molar-refractivity contribution in [3.8, 4) is 28.1 Å². The van der Waals surface area contributed by atoms with Crippen molar-refractivity contribution in [2.45, 2.75) is 13.8 Å². The van der Waals surface area contributed by atoms with Gasteiger partial charge in [0.05, 0.1) is 7.11 Å². The largest absolute Gasteiger partial charge is 0.496 e. The third-order valence-electron chi connectivity index (χ3n) is 3.60. The molecule has 1 N–H and O–H groups in total. The van der Waals surface area contributed by atoms with Gasteiger partial charge >= 0.3 is 0 Å². The van der Waals surface area contributed by atoms with Gasteiger partial charge in [0.2, 0.25) is 0 Å². The van der Waals surface area contributed by atoms with Crippen LogP contribution in [-0.2, 0) is 0 Å². The topological polar surface area (TPSA) is 50.8 Å². The zero-order valence-electron chi connectivity index (χ0n) is 12.3. The highest BCUT2D eigenvalue weighted by molar-refractivity contribution is 5.82. The van der Waals surface area contributed by atoms with Gasteiger partial charge in [0.15, 0.2) is 0 Å². The molecule has 0 aliphatic carbocycles. The summed E-state index contributed by atoms with van der Waals surface area (Å²) in [5, 5.41) is 7.54. The van der Waals surface area contributed by atoms with Gasteiger partial charge in [-0.1, -0.05) is 12.1 Å². The number of pyridine rings is 1. The summed E-state index contributed by atoms with van der Waals surface area (Å²) in [6, 6.07) is 10.1. The van der Waals surface area contributed by atoms with Crippen molar-refractivity contribution < 1.29 is 4.74 Å². The van der Waals surface area contributed by atoms with Crippen LogP contribution in [0.1, 0.15) is 11.3 Å². The van der Waals surface area contributed by atoms with Crippen LogP contribution in [0.2, 0.25) is 0 Å². The number of aromatic amines is 1. The van der Waals surface area contributed by atoms with Crippen molar-refractivity contribution in [3.05, 3.63) is 54.0 Å². The Bertz CT molecular complexity index is 763. The number of H-pyrrole nitrogens is 1. The molecular weight excluding hydrogens is 262 g/mol. The number of methoxy groups -OCH3 is 1. The maximum Gasteiger partial charge on any atom is 0.122 e. The van der Waals surface area contributed by atoms with Crippen molar-refractivity contribution >= 4 is 0 Å². The molecule has 0 saturated heterocycles. The zero-order valence-corrected chi connectivity index (χ0v) is 12.3.